The summed E-state index contributed by atoms with van der Waals surface area (Å²) in [6.45, 7) is 1.69. The summed E-state index contributed by atoms with van der Waals surface area (Å²) in [5.41, 5.74) is 1.07. The molecule has 4 aromatic rings. The number of pyridine rings is 1. The van der Waals surface area contributed by atoms with Gasteiger partial charge in [0, 0.05) is 24.5 Å². The first kappa shape index (κ1) is 18.1. The van der Waals surface area contributed by atoms with Gasteiger partial charge in [0.05, 0.1) is 31.1 Å². The molecule has 0 saturated carbocycles. The zero-order chi connectivity index (χ0) is 20.0. The molecular formula is C17H14F3N7OS. The van der Waals surface area contributed by atoms with Crippen molar-refractivity contribution in [1.29, 1.82) is 0 Å². The number of aromatic amines is 1. The van der Waals surface area contributed by atoms with E-state index in [0.717, 1.165) is 29.4 Å². The maximum absolute atomic E-state index is 13.1. The Morgan fingerprint density at radius 3 is 2.93 bits per heavy atom. The molecule has 5 rings (SSSR count). The van der Waals surface area contributed by atoms with Crippen molar-refractivity contribution >= 4 is 23.1 Å². The second kappa shape index (κ2) is 6.81. The van der Waals surface area contributed by atoms with E-state index in [4.69, 9.17) is 4.74 Å². The fourth-order valence-electron chi connectivity index (χ4n) is 3.22. The Hall–Kier alpha value is -2.99. The van der Waals surface area contributed by atoms with Gasteiger partial charge in [0.1, 0.15) is 17.4 Å². The fraction of sp³-hybridized carbons (Fsp3) is 0.294. The van der Waals surface area contributed by atoms with Crippen molar-refractivity contribution in [3.05, 3.63) is 48.0 Å². The largest absolute Gasteiger partial charge is 0.417 e. The summed E-state index contributed by atoms with van der Waals surface area (Å²) in [5, 5.41) is 7.21. The lowest BCUT2D eigenvalue weighted by molar-refractivity contribution is -0.137. The number of aromatic nitrogens is 6. The number of anilines is 1. The minimum Gasteiger partial charge on any atom is -0.370 e. The minimum absolute atomic E-state index is 0.153. The number of fused-ring (bicyclic) bond motifs is 1. The predicted octanol–water partition coefficient (Wildman–Crippen LogP) is 3.17. The molecule has 1 aliphatic rings. The second-order valence-corrected chi connectivity index (χ2v) is 7.28. The van der Waals surface area contributed by atoms with Gasteiger partial charge in [0.15, 0.2) is 5.01 Å². The Bertz CT molecular complexity index is 1140. The molecule has 12 heteroatoms. The maximum Gasteiger partial charge on any atom is 0.417 e. The maximum atomic E-state index is 13.1. The molecule has 4 aromatic heterocycles. The SMILES string of the molecule is FC(F)(F)c1ccc2ncc(-c3nc(N4CCOC(c5cn[nH]c5)C4)ns3)n2c1. The van der Waals surface area contributed by atoms with Crippen LogP contribution in [0.4, 0.5) is 19.1 Å². The van der Waals surface area contributed by atoms with Crippen molar-refractivity contribution in [3.8, 4) is 10.7 Å². The van der Waals surface area contributed by atoms with Crippen LogP contribution >= 0.6 is 11.5 Å². The first-order valence-electron chi connectivity index (χ1n) is 8.72. The Morgan fingerprint density at radius 2 is 2.14 bits per heavy atom. The van der Waals surface area contributed by atoms with E-state index < -0.39 is 11.7 Å². The van der Waals surface area contributed by atoms with Gasteiger partial charge in [-0.2, -0.15) is 27.6 Å². The lowest BCUT2D eigenvalue weighted by Crippen LogP contribution is -2.38. The van der Waals surface area contributed by atoms with Gasteiger partial charge in [0.2, 0.25) is 5.95 Å². The lowest BCUT2D eigenvalue weighted by Gasteiger charge is -2.31. The van der Waals surface area contributed by atoms with Crippen LogP contribution in [-0.2, 0) is 10.9 Å². The number of H-pyrrole nitrogens is 1. The molecule has 5 heterocycles. The number of morpholine rings is 1. The van der Waals surface area contributed by atoms with Gasteiger partial charge >= 0.3 is 6.18 Å². The van der Waals surface area contributed by atoms with E-state index in [0.29, 0.717) is 42.0 Å². The van der Waals surface area contributed by atoms with Crippen molar-refractivity contribution in [2.75, 3.05) is 24.6 Å². The number of rotatable bonds is 3. The molecule has 0 bridgehead atoms. The van der Waals surface area contributed by atoms with Gasteiger partial charge < -0.3 is 9.64 Å². The summed E-state index contributed by atoms with van der Waals surface area (Å²) in [5.74, 6) is 0.517. The number of halogens is 3. The molecule has 0 spiro atoms. The van der Waals surface area contributed by atoms with E-state index in [1.54, 1.807) is 12.4 Å². The van der Waals surface area contributed by atoms with Crippen molar-refractivity contribution < 1.29 is 17.9 Å². The summed E-state index contributed by atoms with van der Waals surface area (Å²) in [6.07, 6.45) is 1.45. The smallest absolute Gasteiger partial charge is 0.370 e. The highest BCUT2D eigenvalue weighted by atomic mass is 32.1. The van der Waals surface area contributed by atoms with Gasteiger partial charge in [0.25, 0.3) is 0 Å². The van der Waals surface area contributed by atoms with Gasteiger partial charge in [-0.3, -0.25) is 9.50 Å². The van der Waals surface area contributed by atoms with Crippen molar-refractivity contribution in [3.63, 3.8) is 0 Å². The van der Waals surface area contributed by atoms with E-state index in [9.17, 15) is 13.2 Å². The topological polar surface area (TPSA) is 84.2 Å². The molecule has 29 heavy (non-hydrogen) atoms. The Morgan fingerprint density at radius 1 is 1.24 bits per heavy atom. The number of nitrogens with one attached hydrogen (secondary N) is 1. The molecule has 1 atom stereocenters. The second-order valence-electron chi connectivity index (χ2n) is 6.52. The number of ether oxygens (including phenoxy) is 1. The van der Waals surface area contributed by atoms with Crippen LogP contribution < -0.4 is 4.90 Å². The van der Waals surface area contributed by atoms with Gasteiger partial charge in [-0.1, -0.05) is 0 Å². The number of nitrogens with zero attached hydrogens (tertiary/aromatic N) is 6. The minimum atomic E-state index is -4.43. The molecule has 1 unspecified atom stereocenters. The third-order valence-corrected chi connectivity index (χ3v) is 5.44. The van der Waals surface area contributed by atoms with Crippen molar-refractivity contribution in [2.24, 2.45) is 0 Å². The predicted molar refractivity (Wildman–Crippen MR) is 98.6 cm³/mol. The molecule has 8 nitrogen and oxygen atoms in total. The van der Waals surface area contributed by atoms with Crippen LogP contribution in [0.3, 0.4) is 0 Å². The summed E-state index contributed by atoms with van der Waals surface area (Å²) in [4.78, 5) is 10.7. The molecule has 1 saturated heterocycles. The fourth-order valence-corrected chi connectivity index (χ4v) is 3.92. The van der Waals surface area contributed by atoms with Crippen LogP contribution in [0.2, 0.25) is 0 Å². The number of imidazole rings is 1. The third kappa shape index (κ3) is 3.34. The van der Waals surface area contributed by atoms with Crippen molar-refractivity contribution in [1.82, 2.24) is 28.9 Å². The molecule has 1 aliphatic heterocycles. The van der Waals surface area contributed by atoms with E-state index in [2.05, 4.69) is 24.5 Å². The van der Waals surface area contributed by atoms with Crippen LogP contribution in [0.1, 0.15) is 17.2 Å². The highest BCUT2D eigenvalue weighted by Crippen LogP contribution is 2.32. The Labute approximate surface area is 166 Å². The lowest BCUT2D eigenvalue weighted by atomic mass is 10.2. The molecule has 150 valence electrons. The summed E-state index contributed by atoms with van der Waals surface area (Å²) >= 11 is 1.12. The van der Waals surface area contributed by atoms with Crippen LogP contribution in [0.5, 0.6) is 0 Å². The van der Waals surface area contributed by atoms with Crippen LogP contribution in [0.25, 0.3) is 16.3 Å². The Balaban J connectivity index is 1.44. The highest BCUT2D eigenvalue weighted by molar-refractivity contribution is 7.09. The van der Waals surface area contributed by atoms with E-state index in [1.165, 1.54) is 16.7 Å². The summed E-state index contributed by atoms with van der Waals surface area (Å²) in [7, 11) is 0. The van der Waals surface area contributed by atoms with Crippen LogP contribution in [0.15, 0.2) is 36.9 Å². The molecule has 1 fully saturated rings. The standard InChI is InChI=1S/C17H14F3N7OS/c18-17(19,20)11-1-2-14-21-7-12(27(14)8-11)15-24-16(25-29-15)26-3-4-28-13(9-26)10-5-22-23-6-10/h1-2,5-8,13H,3-4,9H2,(H,22,23). The number of hydrogen-bond acceptors (Lipinski definition) is 7. The van der Waals surface area contributed by atoms with Gasteiger partial charge in [-0.25, -0.2) is 4.98 Å². The van der Waals surface area contributed by atoms with Crippen LogP contribution in [-0.4, -0.2) is 48.6 Å². The average molecular weight is 421 g/mol. The number of hydrogen-bond donors (Lipinski definition) is 1. The Kier molecular flexibility index (Phi) is 4.24. The highest BCUT2D eigenvalue weighted by Gasteiger charge is 2.31. The monoisotopic (exact) mass is 421 g/mol. The van der Waals surface area contributed by atoms with Gasteiger partial charge in [-0.15, -0.1) is 0 Å². The van der Waals surface area contributed by atoms with E-state index in [1.807, 2.05) is 4.90 Å². The molecule has 0 radical (unpaired) electrons. The quantitative estimate of drug-likeness (QED) is 0.547. The average Bonchev–Trinajstić information content (AvgIpc) is 3.46. The molecule has 1 N–H and O–H groups in total. The van der Waals surface area contributed by atoms with Gasteiger partial charge in [-0.05, 0) is 23.7 Å². The summed E-state index contributed by atoms with van der Waals surface area (Å²) in [6, 6.07) is 2.35. The van der Waals surface area contributed by atoms with E-state index in [-0.39, 0.29) is 6.10 Å². The molecule has 0 amide bonds. The molecule has 0 aliphatic carbocycles. The van der Waals surface area contributed by atoms with Crippen molar-refractivity contribution in [2.45, 2.75) is 12.3 Å². The summed E-state index contributed by atoms with van der Waals surface area (Å²) < 4.78 is 50.8. The normalized spacial score (nSPS) is 17.9. The first-order chi connectivity index (χ1) is 14.0. The molecular weight excluding hydrogens is 407 g/mol. The zero-order valence-corrected chi connectivity index (χ0v) is 15.6. The third-order valence-electron chi connectivity index (χ3n) is 4.71. The first-order valence-corrected chi connectivity index (χ1v) is 9.50. The zero-order valence-electron chi connectivity index (χ0n) is 14.8. The van der Waals surface area contributed by atoms with E-state index >= 15 is 0 Å². The van der Waals surface area contributed by atoms with Crippen LogP contribution in [0, 0.1) is 0 Å². The molecule has 0 aromatic carbocycles. The number of alkyl halides is 3.